The van der Waals surface area contributed by atoms with Crippen molar-refractivity contribution in [3.05, 3.63) is 114 Å². The van der Waals surface area contributed by atoms with Crippen LogP contribution in [0, 0.1) is 10.8 Å². The van der Waals surface area contributed by atoms with Gasteiger partial charge in [0.1, 0.15) is 5.60 Å². The third-order valence-corrected chi connectivity index (χ3v) is 17.4. The minimum atomic E-state index is -0.750. The second kappa shape index (κ2) is 23.7. The summed E-state index contributed by atoms with van der Waals surface area (Å²) in [6.07, 6.45) is 19.1. The average Bonchev–Trinajstić information content (AvgIpc) is 0.964. The molecule has 18 nitrogen and oxygen atoms in total. The van der Waals surface area contributed by atoms with Gasteiger partial charge in [-0.3, -0.25) is 9.59 Å². The third kappa shape index (κ3) is 12.2. The topological polar surface area (TPSA) is 253 Å². The van der Waals surface area contributed by atoms with Crippen LogP contribution in [-0.2, 0) is 25.9 Å². The van der Waals surface area contributed by atoms with Gasteiger partial charge >= 0.3 is 17.7 Å². The van der Waals surface area contributed by atoms with Crippen molar-refractivity contribution in [2.75, 3.05) is 10.6 Å². The number of benzene rings is 3. The smallest absolute Gasteiger partial charge is 0.408 e. The van der Waals surface area contributed by atoms with E-state index >= 15 is 0 Å². The summed E-state index contributed by atoms with van der Waals surface area (Å²) in [6.45, 7) is 5.54. The fraction of sp³-hybridized carbons (Fsp3) is 0.459. The number of carbonyl (C=O) groups excluding carboxylic acids is 3. The monoisotopic (exact) mass is 1170 g/mol. The molecule has 3 amide bonds. The molecule has 0 aliphatic heterocycles. The lowest BCUT2D eigenvalue weighted by molar-refractivity contribution is -0.180. The Kier molecular flexibility index (Phi) is 17.3. The maximum absolute atomic E-state index is 13.3. The highest BCUT2D eigenvalue weighted by atomic mass is 35.5. The lowest BCUT2D eigenvalue weighted by atomic mass is 9.39. The zero-order valence-corrected chi connectivity index (χ0v) is 47.3. The molecule has 434 valence electrons. The lowest BCUT2D eigenvalue weighted by Gasteiger charge is -2.69. The van der Waals surface area contributed by atoms with E-state index in [1.807, 2.05) is 75.5 Å². The molecule has 0 saturated heterocycles. The molecule has 0 spiro atoms. The zero-order valence-electron chi connectivity index (χ0n) is 45.0. The minimum absolute atomic E-state index is 0. The van der Waals surface area contributed by atoms with Crippen LogP contribution in [0.15, 0.2) is 104 Å². The minimum Gasteiger partial charge on any atom is -0.444 e. The molecule has 8 fully saturated rings. The van der Waals surface area contributed by atoms with Crippen molar-refractivity contribution >= 4 is 86.4 Å². The maximum Gasteiger partial charge on any atom is 0.408 e. The number of carbonyl (C=O) groups is 3. The molecular formula is C61H74Cl2N12O6S. The Labute approximate surface area is 492 Å². The molecule has 0 radical (unpaired) electrons. The largest absolute Gasteiger partial charge is 0.444 e. The first kappa shape index (κ1) is 59.7. The number of ether oxygens (including phenoxy) is 1. The van der Waals surface area contributed by atoms with E-state index in [0.29, 0.717) is 52.6 Å². The highest BCUT2D eigenvalue weighted by Crippen LogP contribution is 2.67. The van der Waals surface area contributed by atoms with Gasteiger partial charge in [-0.25, -0.2) is 24.7 Å². The Bertz CT molecular complexity index is 3490. The molecule has 0 unspecified atom stereocenters. The van der Waals surface area contributed by atoms with Crippen LogP contribution in [0.4, 0.5) is 16.7 Å². The number of aromatic nitrogens is 6. The quantitative estimate of drug-likeness (QED) is 0.0602. The average molecular weight is 1170 g/mol. The van der Waals surface area contributed by atoms with E-state index < -0.39 is 23.3 Å². The fourth-order valence-corrected chi connectivity index (χ4v) is 13.8. The number of nitrogens with one attached hydrogen (secondary N) is 6. The van der Waals surface area contributed by atoms with Gasteiger partial charge in [0.15, 0.2) is 0 Å². The van der Waals surface area contributed by atoms with Gasteiger partial charge in [0.2, 0.25) is 23.7 Å². The number of anilines is 2. The Hall–Kier alpha value is -6.93. The number of hydrogen-bond acceptors (Lipinski definition) is 13. The number of H-pyrrole nitrogens is 1. The van der Waals surface area contributed by atoms with Crippen LogP contribution in [0.5, 0.6) is 0 Å². The molecule has 3 aromatic carbocycles. The molecule has 4 heterocycles. The van der Waals surface area contributed by atoms with Crippen molar-refractivity contribution in [2.45, 2.75) is 166 Å². The van der Waals surface area contributed by atoms with Crippen molar-refractivity contribution < 1.29 is 27.5 Å². The van der Waals surface area contributed by atoms with Gasteiger partial charge in [-0.15, -0.1) is 0 Å². The van der Waals surface area contributed by atoms with E-state index in [1.165, 1.54) is 0 Å². The summed E-state index contributed by atoms with van der Waals surface area (Å²) in [5.74, 6) is 1.38. The van der Waals surface area contributed by atoms with E-state index in [9.17, 15) is 14.4 Å². The Balaban J connectivity index is 0.000000193. The van der Waals surface area contributed by atoms with Crippen LogP contribution >= 0.6 is 23.2 Å². The highest BCUT2D eigenvalue weighted by Gasteiger charge is 2.72. The number of amides is 3. The molecule has 15 rings (SSSR count). The third-order valence-electron chi connectivity index (χ3n) is 16.9. The molecule has 4 aromatic heterocycles. The molecule has 8 N–H and O–H groups in total. The number of nitrogens with two attached hydrogens (primary N) is 1. The molecule has 8 saturated carbocycles. The summed E-state index contributed by atoms with van der Waals surface area (Å²) in [7, 11) is 0. The molecular weight excluding hydrogens is 1100 g/mol. The Morgan fingerprint density at radius 1 is 0.683 bits per heavy atom. The zero-order chi connectivity index (χ0) is 56.0. The summed E-state index contributed by atoms with van der Waals surface area (Å²) in [4.78, 5) is 60.2. The molecule has 4 atom stereocenters. The molecule has 4 bridgehead atoms. The summed E-state index contributed by atoms with van der Waals surface area (Å²) in [5, 5.41) is 19.8. The van der Waals surface area contributed by atoms with Crippen LogP contribution in [0.2, 0.25) is 10.0 Å². The highest BCUT2D eigenvalue weighted by molar-refractivity contribution is 7.51. The summed E-state index contributed by atoms with van der Waals surface area (Å²) < 4.78 is 24.2. The Morgan fingerprint density at radius 3 is 1.72 bits per heavy atom. The van der Waals surface area contributed by atoms with Crippen molar-refractivity contribution in [2.24, 2.45) is 16.6 Å². The van der Waals surface area contributed by atoms with E-state index in [1.54, 1.807) is 12.4 Å². The second-order valence-corrected chi connectivity index (χ2v) is 25.1. The first-order valence-corrected chi connectivity index (χ1v) is 28.9. The van der Waals surface area contributed by atoms with Crippen LogP contribution in [0.1, 0.15) is 126 Å². The number of aromatic amines is 1. The number of rotatable bonds is 12. The van der Waals surface area contributed by atoms with Crippen molar-refractivity contribution in [1.29, 1.82) is 0 Å². The number of halogens is 2. The number of hydrogen-bond donors (Lipinski definition) is 7. The van der Waals surface area contributed by atoms with Crippen molar-refractivity contribution in [3.63, 3.8) is 0 Å². The first-order chi connectivity index (χ1) is 38.4. The van der Waals surface area contributed by atoms with Crippen molar-refractivity contribution in [1.82, 2.24) is 45.4 Å². The van der Waals surface area contributed by atoms with E-state index in [-0.39, 0.29) is 72.7 Å². The SMILES string of the molecule is C.C.CC(C)(C)OC(=O)NC12CC(C(=O)N[C@H]3CCC[C@@H](Nc4ncc(Cl)c(-c5cn(-c6ccccc6)c6ccccc56)n4)C3)(C1)C2.NC12CC(C(=O)N[C@H]3CCC[C@@H](Nc4ncc(Cl)c(-c5c[nH]c6ccccc56)n4)C3)(C1)C2.O=S=O. The van der Waals surface area contributed by atoms with Crippen LogP contribution in [0.3, 0.4) is 0 Å². The molecule has 21 heteroatoms. The van der Waals surface area contributed by atoms with Gasteiger partial charge in [0, 0.05) is 80.7 Å². The maximum atomic E-state index is 13.3. The van der Waals surface area contributed by atoms with Crippen LogP contribution in [0.25, 0.3) is 50.0 Å². The fourth-order valence-electron chi connectivity index (χ4n) is 13.4. The summed E-state index contributed by atoms with van der Waals surface area (Å²) >= 11 is 12.4. The lowest BCUT2D eigenvalue weighted by Crippen LogP contribution is -2.78. The number of fused-ring (bicyclic) bond motifs is 2. The van der Waals surface area contributed by atoms with E-state index in [4.69, 9.17) is 52.1 Å². The van der Waals surface area contributed by atoms with Gasteiger partial charge in [-0.2, -0.15) is 8.42 Å². The van der Waals surface area contributed by atoms with Crippen LogP contribution in [-0.4, -0.2) is 96.7 Å². The van der Waals surface area contributed by atoms with E-state index in [2.05, 4.69) is 82.6 Å². The molecule has 8 aliphatic carbocycles. The molecule has 82 heavy (non-hydrogen) atoms. The normalized spacial score (nSPS) is 26.2. The first-order valence-electron chi connectivity index (χ1n) is 27.5. The number of alkyl carbamates (subject to hydrolysis) is 1. The van der Waals surface area contributed by atoms with Gasteiger partial charge in [0.25, 0.3) is 0 Å². The Morgan fingerprint density at radius 2 is 1.17 bits per heavy atom. The predicted molar refractivity (Wildman–Crippen MR) is 323 cm³/mol. The van der Waals surface area contributed by atoms with Gasteiger partial charge in [-0.1, -0.05) is 92.7 Å². The second-order valence-electron chi connectivity index (χ2n) is 24.1. The number of nitrogens with zero attached hydrogens (tertiary/aromatic N) is 5. The van der Waals surface area contributed by atoms with Gasteiger partial charge in [-0.05, 0) is 135 Å². The van der Waals surface area contributed by atoms with Crippen LogP contribution < -0.4 is 32.3 Å². The summed E-state index contributed by atoms with van der Waals surface area (Å²) in [6, 6.07) is 27.1. The molecule has 8 aliphatic rings. The van der Waals surface area contributed by atoms with Gasteiger partial charge in [0.05, 0.1) is 50.2 Å². The van der Waals surface area contributed by atoms with Gasteiger partial charge < -0.3 is 46.6 Å². The van der Waals surface area contributed by atoms with Crippen molar-refractivity contribution in [3.8, 4) is 28.2 Å². The predicted octanol–water partition coefficient (Wildman–Crippen LogP) is 11.6. The standard InChI is InChI=1S/C35H39ClN6O3.C24H27ClN6O.2CH4.O2S/c1-33(2,3)45-32(44)41-35-19-34(20-35,21-35)30(43)38-22-10-9-11-23(16-22)39-31-37-17-27(36)29(40-31)26-18-42(24-12-5-4-6-13-24)28-15-8-7-14-25(26)28;25-18-10-28-22(31-20(18)17-9-27-19-7-2-1-6-16(17)19)30-15-5-3-4-14(8-15)29-21(32)23-11-24(26,12-23)13-23;;;1-3-2/h4-8,12-15,17-18,22-23H,9-11,16,19-21H2,1-3H3,(H,38,43)(H,41,44)(H,37,39,40);1-2,6-7,9-10,14-15,27H,3-5,8,11-13,26H2,(H,29,32)(H,28,30,31);2*1H4;/t22-,23+,34?,35?;14-,15+,23?,24?;;;/m00.../s1. The number of para-hydroxylation sites is 3. The molecule has 7 aromatic rings. The van der Waals surface area contributed by atoms with E-state index in [0.717, 1.165) is 109 Å². The summed E-state index contributed by atoms with van der Waals surface area (Å²) in [5.41, 5.74) is 11.1.